The Morgan fingerprint density at radius 1 is 1.36 bits per heavy atom. The molecule has 2 aliphatic rings. The molecule has 1 aromatic rings. The first-order chi connectivity index (χ1) is 10.6. The average Bonchev–Trinajstić information content (AvgIpc) is 3.03. The summed E-state index contributed by atoms with van der Waals surface area (Å²) in [6.45, 7) is 1.15. The van der Waals surface area contributed by atoms with Crippen molar-refractivity contribution in [3.05, 3.63) is 23.8 Å². The van der Waals surface area contributed by atoms with Gasteiger partial charge >= 0.3 is 5.97 Å². The van der Waals surface area contributed by atoms with Crippen molar-refractivity contribution >= 4 is 11.9 Å². The number of carboxylic acid groups (broad SMARTS) is 1. The fourth-order valence-electron chi connectivity index (χ4n) is 3.08. The average molecular weight is 305 g/mol. The Bertz CT molecular complexity index is 600. The summed E-state index contributed by atoms with van der Waals surface area (Å²) in [5.74, 6) is -0.0206. The minimum atomic E-state index is -0.828. The number of hydrogen-bond acceptors (Lipinski definition) is 4. The summed E-state index contributed by atoms with van der Waals surface area (Å²) in [5.41, 5.74) is 0.956. The molecule has 22 heavy (non-hydrogen) atoms. The Hall–Kier alpha value is -2.24. The van der Waals surface area contributed by atoms with Crippen molar-refractivity contribution in [2.45, 2.75) is 12.8 Å². The summed E-state index contributed by atoms with van der Waals surface area (Å²) in [5, 5.41) is 9.03. The van der Waals surface area contributed by atoms with Crippen LogP contribution in [0.15, 0.2) is 18.2 Å². The lowest BCUT2D eigenvalue weighted by atomic mass is 9.95. The quantitative estimate of drug-likeness (QED) is 0.907. The van der Waals surface area contributed by atoms with Gasteiger partial charge in [-0.3, -0.25) is 9.59 Å². The molecule has 0 aromatic heterocycles. The highest BCUT2D eigenvalue weighted by molar-refractivity contribution is 5.81. The number of ether oxygens (including phenoxy) is 2. The number of carbonyl (C=O) groups is 2. The number of carboxylic acids is 1. The number of likely N-dealkylation sites (tertiary alicyclic amines) is 1. The van der Waals surface area contributed by atoms with Crippen LogP contribution in [0.2, 0.25) is 0 Å². The van der Waals surface area contributed by atoms with Crippen LogP contribution in [0.1, 0.15) is 12.0 Å². The van der Waals surface area contributed by atoms with Crippen molar-refractivity contribution in [2.75, 3.05) is 26.8 Å². The predicted molar refractivity (Wildman–Crippen MR) is 78.0 cm³/mol. The predicted octanol–water partition coefficient (Wildman–Crippen LogP) is 1.18. The van der Waals surface area contributed by atoms with Crippen LogP contribution in [0, 0.1) is 11.8 Å². The SMILES string of the molecule is COc1ccc2c(c1)CC(C(=O)N1CCC(C(=O)O)C1)CO2. The van der Waals surface area contributed by atoms with Gasteiger partial charge in [-0.05, 0) is 36.6 Å². The zero-order valence-corrected chi connectivity index (χ0v) is 12.4. The Morgan fingerprint density at radius 2 is 2.18 bits per heavy atom. The molecule has 118 valence electrons. The van der Waals surface area contributed by atoms with Crippen molar-refractivity contribution in [1.82, 2.24) is 4.90 Å². The van der Waals surface area contributed by atoms with Crippen LogP contribution in [-0.2, 0) is 16.0 Å². The first kappa shape index (κ1) is 14.7. The van der Waals surface area contributed by atoms with Gasteiger partial charge < -0.3 is 19.5 Å². The second kappa shape index (κ2) is 5.87. The maximum atomic E-state index is 12.6. The van der Waals surface area contributed by atoms with Gasteiger partial charge in [0.25, 0.3) is 0 Å². The van der Waals surface area contributed by atoms with Crippen molar-refractivity contribution in [2.24, 2.45) is 11.8 Å². The number of methoxy groups -OCH3 is 1. The lowest BCUT2D eigenvalue weighted by molar-refractivity contribution is -0.141. The second-order valence-corrected chi connectivity index (χ2v) is 5.79. The van der Waals surface area contributed by atoms with E-state index >= 15 is 0 Å². The molecule has 1 fully saturated rings. The van der Waals surface area contributed by atoms with Crippen molar-refractivity contribution in [3.63, 3.8) is 0 Å². The summed E-state index contributed by atoms with van der Waals surface area (Å²) < 4.78 is 10.9. The third kappa shape index (κ3) is 2.73. The Balaban J connectivity index is 1.69. The van der Waals surface area contributed by atoms with Crippen LogP contribution in [0.5, 0.6) is 11.5 Å². The molecule has 1 aromatic carbocycles. The molecule has 2 atom stereocenters. The van der Waals surface area contributed by atoms with Gasteiger partial charge in [0.15, 0.2) is 0 Å². The molecule has 6 nitrogen and oxygen atoms in total. The van der Waals surface area contributed by atoms with E-state index in [-0.39, 0.29) is 11.8 Å². The molecule has 6 heteroatoms. The summed E-state index contributed by atoms with van der Waals surface area (Å²) in [6, 6.07) is 5.57. The second-order valence-electron chi connectivity index (χ2n) is 5.79. The van der Waals surface area contributed by atoms with Crippen molar-refractivity contribution < 1.29 is 24.2 Å². The molecule has 0 bridgehead atoms. The molecule has 2 heterocycles. The largest absolute Gasteiger partial charge is 0.497 e. The fourth-order valence-corrected chi connectivity index (χ4v) is 3.08. The molecule has 0 aliphatic carbocycles. The minimum Gasteiger partial charge on any atom is -0.497 e. The summed E-state index contributed by atoms with van der Waals surface area (Å²) in [7, 11) is 1.60. The molecular formula is C16H19NO5. The highest BCUT2D eigenvalue weighted by Gasteiger charge is 2.35. The normalized spacial score (nSPS) is 23.6. The highest BCUT2D eigenvalue weighted by Crippen LogP contribution is 2.32. The molecular weight excluding hydrogens is 286 g/mol. The Kier molecular flexibility index (Phi) is 3.92. The smallest absolute Gasteiger partial charge is 0.308 e. The number of hydrogen-bond donors (Lipinski definition) is 1. The van der Waals surface area contributed by atoms with Crippen LogP contribution < -0.4 is 9.47 Å². The maximum absolute atomic E-state index is 12.6. The molecule has 0 spiro atoms. The van der Waals surface area contributed by atoms with Crippen LogP contribution in [0.3, 0.4) is 0 Å². The molecule has 2 unspecified atom stereocenters. The van der Waals surface area contributed by atoms with Gasteiger partial charge in [-0.1, -0.05) is 0 Å². The Morgan fingerprint density at radius 3 is 2.86 bits per heavy atom. The monoisotopic (exact) mass is 305 g/mol. The minimum absolute atomic E-state index is 0.0165. The molecule has 1 amide bonds. The third-order valence-electron chi connectivity index (χ3n) is 4.37. The first-order valence-corrected chi connectivity index (χ1v) is 7.40. The standard InChI is InChI=1S/C16H19NO5/c1-21-13-2-3-14-11(7-13)6-12(9-22-14)15(18)17-5-4-10(8-17)16(19)20/h2-3,7,10,12H,4-6,8-9H2,1H3,(H,19,20). The zero-order valence-electron chi connectivity index (χ0n) is 12.4. The van der Waals surface area contributed by atoms with E-state index in [2.05, 4.69) is 0 Å². The molecule has 0 radical (unpaired) electrons. The van der Waals surface area contributed by atoms with E-state index in [0.717, 1.165) is 17.1 Å². The van der Waals surface area contributed by atoms with Crippen LogP contribution >= 0.6 is 0 Å². The Labute approximate surface area is 128 Å². The van der Waals surface area contributed by atoms with E-state index in [9.17, 15) is 9.59 Å². The number of benzene rings is 1. The van der Waals surface area contributed by atoms with Gasteiger partial charge in [0.05, 0.1) is 18.9 Å². The lowest BCUT2D eigenvalue weighted by Gasteiger charge is -2.28. The van der Waals surface area contributed by atoms with E-state index < -0.39 is 11.9 Å². The number of carbonyl (C=O) groups excluding carboxylic acids is 1. The zero-order chi connectivity index (χ0) is 15.7. The first-order valence-electron chi connectivity index (χ1n) is 7.40. The van der Waals surface area contributed by atoms with Gasteiger partial charge in [0.2, 0.25) is 5.91 Å². The molecule has 1 saturated heterocycles. The highest BCUT2D eigenvalue weighted by atomic mass is 16.5. The molecule has 1 N–H and O–H groups in total. The van der Waals surface area contributed by atoms with E-state index in [1.807, 2.05) is 18.2 Å². The summed E-state index contributed by atoms with van der Waals surface area (Å²) in [4.78, 5) is 25.2. The third-order valence-corrected chi connectivity index (χ3v) is 4.37. The summed E-state index contributed by atoms with van der Waals surface area (Å²) >= 11 is 0. The number of amides is 1. The molecule has 2 aliphatic heterocycles. The van der Waals surface area contributed by atoms with E-state index in [1.54, 1.807) is 12.0 Å². The van der Waals surface area contributed by atoms with Gasteiger partial charge in [-0.2, -0.15) is 0 Å². The number of rotatable bonds is 3. The van der Waals surface area contributed by atoms with Crippen LogP contribution in [-0.4, -0.2) is 48.7 Å². The summed E-state index contributed by atoms with van der Waals surface area (Å²) in [6.07, 6.45) is 1.12. The van der Waals surface area contributed by atoms with Crippen molar-refractivity contribution in [1.29, 1.82) is 0 Å². The number of nitrogens with zero attached hydrogens (tertiary/aromatic N) is 1. The van der Waals surface area contributed by atoms with Gasteiger partial charge in [0.1, 0.15) is 18.1 Å². The molecule has 0 saturated carbocycles. The van der Waals surface area contributed by atoms with E-state index in [1.165, 1.54) is 0 Å². The topological polar surface area (TPSA) is 76.1 Å². The van der Waals surface area contributed by atoms with Crippen LogP contribution in [0.25, 0.3) is 0 Å². The van der Waals surface area contributed by atoms with E-state index in [4.69, 9.17) is 14.6 Å². The van der Waals surface area contributed by atoms with Gasteiger partial charge in [-0.15, -0.1) is 0 Å². The van der Waals surface area contributed by atoms with Gasteiger partial charge in [-0.25, -0.2) is 0 Å². The van der Waals surface area contributed by atoms with Crippen molar-refractivity contribution in [3.8, 4) is 11.5 Å². The molecule has 3 rings (SSSR count). The maximum Gasteiger partial charge on any atom is 0.308 e. The van der Waals surface area contributed by atoms with Crippen LogP contribution in [0.4, 0.5) is 0 Å². The lowest BCUT2D eigenvalue weighted by Crippen LogP contribution is -2.40. The van der Waals surface area contributed by atoms with E-state index in [0.29, 0.717) is 32.5 Å². The number of aliphatic carboxylic acids is 1. The van der Waals surface area contributed by atoms with Gasteiger partial charge in [0, 0.05) is 13.1 Å². The fraction of sp³-hybridized carbons (Fsp3) is 0.500. The number of fused-ring (bicyclic) bond motifs is 1.